The van der Waals surface area contributed by atoms with Crippen LogP contribution in [-0.2, 0) is 11.2 Å². The number of hydrogen-bond donors (Lipinski definition) is 1. The summed E-state index contributed by atoms with van der Waals surface area (Å²) in [5, 5.41) is 9.46. The number of Topliss-reactive ketones (excluding diaryl/α,β-unsaturated/α-hetero) is 1. The van der Waals surface area contributed by atoms with Crippen molar-refractivity contribution in [2.24, 2.45) is 11.8 Å². The molecule has 0 aliphatic heterocycles. The predicted octanol–water partition coefficient (Wildman–Crippen LogP) is 3.72. The smallest absolute Gasteiger partial charge is 0.136 e. The molecular formula is C16H22O2. The van der Waals surface area contributed by atoms with Gasteiger partial charge in [0.2, 0.25) is 0 Å². The molecule has 2 nitrogen and oxygen atoms in total. The van der Waals surface area contributed by atoms with Gasteiger partial charge in [0.05, 0.1) is 0 Å². The van der Waals surface area contributed by atoms with Gasteiger partial charge in [-0.05, 0) is 42.9 Å². The molecule has 0 bridgehead atoms. The summed E-state index contributed by atoms with van der Waals surface area (Å²) in [5.41, 5.74) is 1.07. The molecule has 0 radical (unpaired) electrons. The van der Waals surface area contributed by atoms with E-state index in [1.165, 1.54) is 12.8 Å². The van der Waals surface area contributed by atoms with E-state index in [9.17, 15) is 9.90 Å². The molecule has 98 valence electrons. The van der Waals surface area contributed by atoms with E-state index < -0.39 is 0 Å². The summed E-state index contributed by atoms with van der Waals surface area (Å²) < 4.78 is 0. The molecule has 0 aromatic heterocycles. The number of hydrogen-bond acceptors (Lipinski definition) is 2. The van der Waals surface area contributed by atoms with Crippen molar-refractivity contribution in [3.8, 4) is 5.75 Å². The van der Waals surface area contributed by atoms with Crippen LogP contribution in [-0.4, -0.2) is 10.9 Å². The van der Waals surface area contributed by atoms with Crippen molar-refractivity contribution >= 4 is 5.78 Å². The van der Waals surface area contributed by atoms with E-state index in [1.807, 2.05) is 12.1 Å². The lowest BCUT2D eigenvalue weighted by atomic mass is 9.76. The fraction of sp³-hybridized carbons (Fsp3) is 0.562. The van der Waals surface area contributed by atoms with Crippen LogP contribution in [0.15, 0.2) is 24.3 Å². The maximum atomic E-state index is 12.0. The van der Waals surface area contributed by atoms with E-state index in [2.05, 4.69) is 6.92 Å². The second-order valence-electron chi connectivity index (χ2n) is 5.47. The first-order valence-corrected chi connectivity index (χ1v) is 6.99. The minimum absolute atomic E-state index is 0.164. The number of benzene rings is 1. The first-order valence-electron chi connectivity index (χ1n) is 6.99. The Kier molecular flexibility index (Phi) is 4.40. The lowest BCUT2D eigenvalue weighted by Crippen LogP contribution is -2.26. The maximum absolute atomic E-state index is 12.0. The van der Waals surface area contributed by atoms with E-state index in [1.54, 1.807) is 12.1 Å². The van der Waals surface area contributed by atoms with Crippen molar-refractivity contribution in [2.45, 2.75) is 45.4 Å². The Bertz CT molecular complexity index is 411. The molecule has 1 aliphatic rings. The molecule has 2 rings (SSSR count). The first kappa shape index (κ1) is 13.1. The van der Waals surface area contributed by atoms with Crippen LogP contribution in [0.4, 0.5) is 0 Å². The highest BCUT2D eigenvalue weighted by Gasteiger charge is 2.28. The molecule has 0 saturated heterocycles. The zero-order chi connectivity index (χ0) is 13.0. The molecule has 1 aromatic carbocycles. The fourth-order valence-corrected chi connectivity index (χ4v) is 3.04. The molecule has 0 heterocycles. The third-order valence-corrected chi connectivity index (χ3v) is 3.96. The van der Waals surface area contributed by atoms with Gasteiger partial charge >= 0.3 is 0 Å². The van der Waals surface area contributed by atoms with Crippen LogP contribution in [0.2, 0.25) is 0 Å². The lowest BCUT2D eigenvalue weighted by molar-refractivity contribution is -0.125. The quantitative estimate of drug-likeness (QED) is 0.879. The van der Waals surface area contributed by atoms with Gasteiger partial charge in [0.1, 0.15) is 11.5 Å². The monoisotopic (exact) mass is 246 g/mol. The third kappa shape index (κ3) is 3.34. The van der Waals surface area contributed by atoms with Crippen LogP contribution >= 0.6 is 0 Å². The van der Waals surface area contributed by atoms with Gasteiger partial charge in [0.25, 0.3) is 0 Å². The van der Waals surface area contributed by atoms with Crippen LogP contribution < -0.4 is 0 Å². The van der Waals surface area contributed by atoms with E-state index in [-0.39, 0.29) is 5.92 Å². The molecule has 18 heavy (non-hydrogen) atoms. The fourth-order valence-electron chi connectivity index (χ4n) is 3.04. The number of phenols is 1. The van der Waals surface area contributed by atoms with Crippen molar-refractivity contribution in [1.29, 1.82) is 0 Å². The summed E-state index contributed by atoms with van der Waals surface area (Å²) in [5.74, 6) is 1.58. The Morgan fingerprint density at radius 3 is 2.94 bits per heavy atom. The van der Waals surface area contributed by atoms with Crippen molar-refractivity contribution in [1.82, 2.24) is 0 Å². The number of ketones is 1. The van der Waals surface area contributed by atoms with E-state index in [0.29, 0.717) is 11.5 Å². The summed E-state index contributed by atoms with van der Waals surface area (Å²) in [7, 11) is 0. The van der Waals surface area contributed by atoms with Gasteiger partial charge in [-0.3, -0.25) is 4.79 Å². The molecule has 1 N–H and O–H groups in total. The molecule has 1 saturated carbocycles. The lowest BCUT2D eigenvalue weighted by Gasteiger charge is -2.28. The highest BCUT2D eigenvalue weighted by molar-refractivity contribution is 5.82. The normalized spacial score (nSPS) is 24.2. The maximum Gasteiger partial charge on any atom is 0.136 e. The summed E-state index contributed by atoms with van der Waals surface area (Å²) in [6, 6.07) is 7.29. The van der Waals surface area contributed by atoms with Gasteiger partial charge in [-0.25, -0.2) is 0 Å². The summed E-state index contributed by atoms with van der Waals surface area (Å²) in [4.78, 5) is 12.0. The molecule has 1 aromatic rings. The predicted molar refractivity (Wildman–Crippen MR) is 72.6 cm³/mol. The molecular weight excluding hydrogens is 224 g/mol. The molecule has 1 aliphatic carbocycles. The number of carbonyl (C=O) groups excluding carboxylic acids is 1. The van der Waals surface area contributed by atoms with Gasteiger partial charge < -0.3 is 5.11 Å². The van der Waals surface area contributed by atoms with Crippen LogP contribution in [0.3, 0.4) is 0 Å². The van der Waals surface area contributed by atoms with Gasteiger partial charge in [-0.1, -0.05) is 31.9 Å². The summed E-state index contributed by atoms with van der Waals surface area (Å²) in [6.07, 6.45) is 6.08. The number of aromatic hydroxyl groups is 1. The van der Waals surface area contributed by atoms with Gasteiger partial charge in [0.15, 0.2) is 0 Å². The second-order valence-corrected chi connectivity index (χ2v) is 5.47. The van der Waals surface area contributed by atoms with Crippen LogP contribution in [0.1, 0.15) is 44.6 Å². The Morgan fingerprint density at radius 2 is 2.22 bits per heavy atom. The van der Waals surface area contributed by atoms with Crippen molar-refractivity contribution in [3.63, 3.8) is 0 Å². The zero-order valence-corrected chi connectivity index (χ0v) is 11.1. The van der Waals surface area contributed by atoms with Crippen LogP contribution in [0.25, 0.3) is 0 Å². The van der Waals surface area contributed by atoms with E-state index in [0.717, 1.165) is 37.2 Å². The molecule has 2 atom stereocenters. The third-order valence-electron chi connectivity index (χ3n) is 3.96. The average molecular weight is 246 g/mol. The van der Waals surface area contributed by atoms with Gasteiger partial charge in [-0.2, -0.15) is 0 Å². The number of phenolic OH excluding ortho intramolecular Hbond substituents is 1. The average Bonchev–Trinajstić information content (AvgIpc) is 2.34. The second kappa shape index (κ2) is 6.03. The van der Waals surface area contributed by atoms with E-state index >= 15 is 0 Å². The minimum atomic E-state index is 0.164. The first-order chi connectivity index (χ1) is 8.69. The van der Waals surface area contributed by atoms with E-state index in [4.69, 9.17) is 0 Å². The summed E-state index contributed by atoms with van der Waals surface area (Å²) >= 11 is 0. The Morgan fingerprint density at radius 1 is 1.39 bits per heavy atom. The molecule has 1 fully saturated rings. The Labute approximate surface area is 109 Å². The number of carbonyl (C=O) groups is 1. The Balaban J connectivity index is 2.00. The largest absolute Gasteiger partial charge is 0.508 e. The molecule has 0 amide bonds. The van der Waals surface area contributed by atoms with Crippen molar-refractivity contribution in [3.05, 3.63) is 29.8 Å². The minimum Gasteiger partial charge on any atom is -0.508 e. The SMILES string of the molecule is CCCC1CCC(=O)C(Cc2cccc(O)c2)C1. The number of rotatable bonds is 4. The van der Waals surface area contributed by atoms with Crippen molar-refractivity contribution < 1.29 is 9.90 Å². The Hall–Kier alpha value is -1.31. The molecule has 2 heteroatoms. The standard InChI is InChI=1S/C16H22O2/c1-2-4-12-7-8-16(18)14(9-12)10-13-5-3-6-15(17)11-13/h3,5-6,11-12,14,17H,2,4,7-10H2,1H3. The zero-order valence-electron chi connectivity index (χ0n) is 11.1. The highest BCUT2D eigenvalue weighted by Crippen LogP contribution is 2.32. The van der Waals surface area contributed by atoms with Gasteiger partial charge in [-0.15, -0.1) is 0 Å². The van der Waals surface area contributed by atoms with Crippen LogP contribution in [0, 0.1) is 11.8 Å². The van der Waals surface area contributed by atoms with Gasteiger partial charge in [0, 0.05) is 12.3 Å². The molecule has 2 unspecified atom stereocenters. The topological polar surface area (TPSA) is 37.3 Å². The van der Waals surface area contributed by atoms with Crippen LogP contribution in [0.5, 0.6) is 5.75 Å². The van der Waals surface area contributed by atoms with Crippen molar-refractivity contribution in [2.75, 3.05) is 0 Å². The molecule has 0 spiro atoms. The highest BCUT2D eigenvalue weighted by atomic mass is 16.3. The summed E-state index contributed by atoms with van der Waals surface area (Å²) in [6.45, 7) is 2.21.